The number of aromatic nitrogens is 2. The Balaban J connectivity index is 0.00000155. The van der Waals surface area contributed by atoms with Crippen LogP contribution in [0.5, 0.6) is 0 Å². The van der Waals surface area contributed by atoms with Gasteiger partial charge in [-0.05, 0) is 13.3 Å². The van der Waals surface area contributed by atoms with E-state index in [0.717, 1.165) is 23.7 Å². The average Bonchev–Trinajstić information content (AvgIpc) is 3.55. The summed E-state index contributed by atoms with van der Waals surface area (Å²) in [6.07, 6.45) is -0.815. The second-order valence-electron chi connectivity index (χ2n) is 9.18. The topological polar surface area (TPSA) is 183 Å². The number of carbonyl (C=O) groups excluding carboxylic acids is 3. The van der Waals surface area contributed by atoms with Crippen molar-refractivity contribution in [3.05, 3.63) is 42.1 Å². The number of aliphatic carboxylic acids is 1. The zero-order valence-electron chi connectivity index (χ0n) is 23.2. The molecular formula is C27H34N6O8S. The Bertz CT molecular complexity index is 1240. The predicted molar refractivity (Wildman–Crippen MR) is 154 cm³/mol. The van der Waals surface area contributed by atoms with E-state index in [0.29, 0.717) is 11.6 Å². The molecule has 2 aliphatic heterocycles. The largest absolute Gasteiger partial charge is 0.483 e. The normalized spacial score (nSPS) is 15.2. The van der Waals surface area contributed by atoms with Crippen LogP contribution in [0.3, 0.4) is 0 Å². The number of rotatable bonds is 9. The van der Waals surface area contributed by atoms with Crippen LogP contribution < -0.4 is 10.2 Å². The monoisotopic (exact) mass is 602 g/mol. The number of hydrogen-bond donors (Lipinski definition) is 3. The molecule has 0 saturated carbocycles. The summed E-state index contributed by atoms with van der Waals surface area (Å²) in [5.41, 5.74) is 0.842. The van der Waals surface area contributed by atoms with Crippen molar-refractivity contribution in [2.45, 2.75) is 25.8 Å². The summed E-state index contributed by atoms with van der Waals surface area (Å²) < 4.78 is 5.02. The third kappa shape index (κ3) is 9.06. The van der Waals surface area contributed by atoms with Crippen LogP contribution in [-0.2, 0) is 19.1 Å². The van der Waals surface area contributed by atoms with Crippen LogP contribution in [0.15, 0.2) is 36.4 Å². The second-order valence-corrected chi connectivity index (χ2v) is 10.3. The Morgan fingerprint density at radius 1 is 1.07 bits per heavy atom. The van der Waals surface area contributed by atoms with Crippen LogP contribution in [0, 0.1) is 0 Å². The van der Waals surface area contributed by atoms with Gasteiger partial charge in [0.2, 0.25) is 5.91 Å². The van der Waals surface area contributed by atoms with E-state index in [-0.39, 0.29) is 57.8 Å². The minimum atomic E-state index is -1.07. The van der Waals surface area contributed by atoms with Crippen molar-refractivity contribution in [1.29, 1.82) is 0 Å². The Hall–Kier alpha value is -4.40. The number of thioether (sulfide) groups is 1. The number of hydrogen-bond acceptors (Lipinski definition) is 10. The van der Waals surface area contributed by atoms with E-state index >= 15 is 0 Å². The first-order valence-corrected chi connectivity index (χ1v) is 14.5. The lowest BCUT2D eigenvalue weighted by molar-refractivity contribution is -0.138. The first-order valence-electron chi connectivity index (χ1n) is 13.4. The third-order valence-corrected chi connectivity index (χ3v) is 7.39. The lowest BCUT2D eigenvalue weighted by atomic mass is 10.1. The molecule has 3 N–H and O–H groups in total. The van der Waals surface area contributed by atoms with Crippen LogP contribution in [0.25, 0.3) is 11.4 Å². The fraction of sp³-hybridized carbons (Fsp3) is 0.444. The third-order valence-electron chi connectivity index (χ3n) is 6.42. The molecule has 1 aromatic heterocycles. The number of nitrogens with one attached hydrogen (secondary N) is 1. The summed E-state index contributed by atoms with van der Waals surface area (Å²) >= 11 is 1.76. The minimum Gasteiger partial charge on any atom is -0.483 e. The predicted octanol–water partition coefficient (Wildman–Crippen LogP) is 1.62. The van der Waals surface area contributed by atoms with E-state index in [1.165, 1.54) is 9.80 Å². The highest BCUT2D eigenvalue weighted by molar-refractivity contribution is 7.99. The number of carboxylic acid groups (broad SMARTS) is 2. The molecule has 0 aliphatic carbocycles. The lowest BCUT2D eigenvalue weighted by Gasteiger charge is -2.35. The van der Waals surface area contributed by atoms with Crippen LogP contribution in [0.1, 0.15) is 30.3 Å². The minimum absolute atomic E-state index is 0.0791. The van der Waals surface area contributed by atoms with Crippen LogP contribution >= 0.6 is 11.8 Å². The molecule has 1 aromatic carbocycles. The number of ether oxygens (including phenoxy) is 1. The van der Waals surface area contributed by atoms with Crippen molar-refractivity contribution in [2.75, 3.05) is 55.9 Å². The van der Waals surface area contributed by atoms with Gasteiger partial charge in [0.1, 0.15) is 17.6 Å². The maximum absolute atomic E-state index is 13.4. The van der Waals surface area contributed by atoms with Gasteiger partial charge in [0, 0.05) is 56.5 Å². The SMILES string of the molecule is CCOC(=O)N1CCN(C(=O)[C@H](CCC(=O)O)NC(=O)c2cc(N3CCSC3)nc(-c3ccccc3)n2)CC1.O=CO. The summed E-state index contributed by atoms with van der Waals surface area (Å²) in [4.78, 5) is 72.8. The molecule has 0 bridgehead atoms. The summed E-state index contributed by atoms with van der Waals surface area (Å²) in [5.74, 6) is 0.626. The number of nitrogens with zero attached hydrogens (tertiary/aromatic N) is 5. The number of anilines is 1. The zero-order chi connectivity index (χ0) is 30.5. The van der Waals surface area contributed by atoms with Crippen LogP contribution in [0.4, 0.5) is 10.6 Å². The Kier molecular flexibility index (Phi) is 12.3. The van der Waals surface area contributed by atoms with E-state index in [1.54, 1.807) is 24.8 Å². The number of amides is 3. The van der Waals surface area contributed by atoms with Gasteiger partial charge in [0.25, 0.3) is 12.4 Å². The molecule has 0 spiro atoms. The maximum atomic E-state index is 13.4. The van der Waals surface area contributed by atoms with E-state index < -0.39 is 29.9 Å². The zero-order valence-corrected chi connectivity index (χ0v) is 24.0. The van der Waals surface area contributed by atoms with Gasteiger partial charge in [0.05, 0.1) is 12.5 Å². The highest BCUT2D eigenvalue weighted by Gasteiger charge is 2.31. The molecule has 1 atom stereocenters. The second kappa shape index (κ2) is 16.1. The van der Waals surface area contributed by atoms with Crippen LogP contribution in [0.2, 0.25) is 0 Å². The highest BCUT2D eigenvalue weighted by Crippen LogP contribution is 2.25. The molecule has 2 aliphatic rings. The van der Waals surface area contributed by atoms with Gasteiger partial charge in [-0.2, -0.15) is 0 Å². The van der Waals surface area contributed by atoms with Crippen molar-refractivity contribution in [3.63, 3.8) is 0 Å². The van der Waals surface area contributed by atoms with Crippen molar-refractivity contribution in [2.24, 2.45) is 0 Å². The summed E-state index contributed by atoms with van der Waals surface area (Å²) in [6.45, 7) is 3.59. The highest BCUT2D eigenvalue weighted by atomic mass is 32.2. The van der Waals surface area contributed by atoms with Crippen molar-refractivity contribution in [3.8, 4) is 11.4 Å². The number of carboxylic acids is 1. The average molecular weight is 603 g/mol. The summed E-state index contributed by atoms with van der Waals surface area (Å²) in [6, 6.07) is 9.85. The summed E-state index contributed by atoms with van der Waals surface area (Å²) in [5, 5.41) is 18.9. The standard InChI is InChI=1S/C26H32N6O6S.CH2O2/c1-2-38-26(37)31-12-10-30(11-13-31)25(36)19(8-9-22(33)34)28-24(35)20-16-21(32-14-15-39-17-32)29-23(27-20)18-6-4-3-5-7-18;2-1-3/h3-7,16,19H,2,8-15,17H2,1H3,(H,28,35)(H,33,34);1H,(H,2,3)/t19-;/m0./s1. The van der Waals surface area contributed by atoms with Gasteiger partial charge < -0.3 is 35.0 Å². The summed E-state index contributed by atoms with van der Waals surface area (Å²) in [7, 11) is 0. The first-order chi connectivity index (χ1) is 20.3. The Morgan fingerprint density at radius 3 is 2.33 bits per heavy atom. The molecule has 4 rings (SSSR count). The number of benzene rings is 1. The van der Waals surface area contributed by atoms with Crippen LogP contribution in [-0.4, -0.2) is 117 Å². The Labute approximate surface area is 247 Å². The first kappa shape index (κ1) is 32.1. The van der Waals surface area contributed by atoms with Gasteiger partial charge >= 0.3 is 12.1 Å². The van der Waals surface area contributed by atoms with Crippen molar-refractivity contribution >= 4 is 47.9 Å². The molecule has 42 heavy (non-hydrogen) atoms. The van der Waals surface area contributed by atoms with Gasteiger partial charge in [-0.25, -0.2) is 14.8 Å². The molecule has 226 valence electrons. The van der Waals surface area contributed by atoms with Crippen molar-refractivity contribution < 1.29 is 38.9 Å². The van der Waals surface area contributed by atoms with Gasteiger partial charge in [-0.1, -0.05) is 30.3 Å². The molecule has 3 heterocycles. The fourth-order valence-electron chi connectivity index (χ4n) is 4.33. The van der Waals surface area contributed by atoms with E-state index in [1.807, 2.05) is 30.3 Å². The molecule has 0 unspecified atom stereocenters. The van der Waals surface area contributed by atoms with E-state index in [9.17, 15) is 24.3 Å². The molecule has 15 heteroatoms. The molecular weight excluding hydrogens is 568 g/mol. The van der Waals surface area contributed by atoms with E-state index in [2.05, 4.69) is 20.2 Å². The molecule has 14 nitrogen and oxygen atoms in total. The van der Waals surface area contributed by atoms with Gasteiger partial charge in [0.15, 0.2) is 5.82 Å². The molecule has 3 amide bonds. The van der Waals surface area contributed by atoms with Gasteiger partial charge in [-0.15, -0.1) is 11.8 Å². The fourth-order valence-corrected chi connectivity index (χ4v) is 5.29. The molecule has 2 aromatic rings. The molecule has 0 radical (unpaired) electrons. The maximum Gasteiger partial charge on any atom is 0.409 e. The molecule has 2 saturated heterocycles. The number of piperazine rings is 1. The van der Waals surface area contributed by atoms with Crippen molar-refractivity contribution in [1.82, 2.24) is 25.1 Å². The van der Waals surface area contributed by atoms with Gasteiger partial charge in [-0.3, -0.25) is 19.2 Å². The number of carbonyl (C=O) groups is 5. The Morgan fingerprint density at radius 2 is 1.74 bits per heavy atom. The lowest BCUT2D eigenvalue weighted by Crippen LogP contribution is -2.56. The quantitative estimate of drug-likeness (QED) is 0.353. The molecule has 2 fully saturated rings. The smallest absolute Gasteiger partial charge is 0.409 e. The van der Waals surface area contributed by atoms with E-state index in [4.69, 9.17) is 14.6 Å².